The lowest BCUT2D eigenvalue weighted by Crippen LogP contribution is -2.37. The van der Waals surface area contributed by atoms with Crippen molar-refractivity contribution in [3.8, 4) is 0 Å². The Morgan fingerprint density at radius 2 is 2.10 bits per heavy atom. The molecule has 0 spiro atoms. The normalized spacial score (nSPS) is 13.7. The van der Waals surface area contributed by atoms with E-state index in [-0.39, 0.29) is 17.1 Å². The number of halogens is 1. The highest BCUT2D eigenvalue weighted by atomic mass is 32.2. The summed E-state index contributed by atoms with van der Waals surface area (Å²) in [5, 5.41) is 0. The quantitative estimate of drug-likeness (QED) is 0.747. The van der Waals surface area contributed by atoms with Crippen molar-refractivity contribution in [2.45, 2.75) is 31.2 Å². The Hall–Kier alpha value is -1.18. The van der Waals surface area contributed by atoms with Crippen molar-refractivity contribution in [2.24, 2.45) is 0 Å². The maximum absolute atomic E-state index is 13.6. The van der Waals surface area contributed by atoms with Crippen LogP contribution >= 0.6 is 0 Å². The van der Waals surface area contributed by atoms with E-state index in [1.54, 1.807) is 0 Å². The number of anilines is 1. The first kappa shape index (κ1) is 16.9. The molecule has 5 nitrogen and oxygen atoms in total. The zero-order valence-corrected chi connectivity index (χ0v) is 12.9. The van der Waals surface area contributed by atoms with Crippen molar-refractivity contribution < 1.29 is 12.8 Å². The fourth-order valence-corrected chi connectivity index (χ4v) is 2.78. The lowest BCUT2D eigenvalue weighted by atomic mass is 10.2. The van der Waals surface area contributed by atoms with Gasteiger partial charge in [-0.1, -0.05) is 6.92 Å². The molecule has 0 radical (unpaired) electrons. The third-order valence-corrected chi connectivity index (χ3v) is 4.84. The molecule has 0 fully saturated rings. The number of benzene rings is 1. The summed E-state index contributed by atoms with van der Waals surface area (Å²) in [7, 11) is -1.92. The van der Waals surface area contributed by atoms with Gasteiger partial charge in [0.1, 0.15) is 10.7 Å². The van der Waals surface area contributed by atoms with E-state index >= 15 is 0 Å². The van der Waals surface area contributed by atoms with Crippen LogP contribution in [0, 0.1) is 5.82 Å². The Morgan fingerprint density at radius 3 is 2.65 bits per heavy atom. The highest BCUT2D eigenvalue weighted by molar-refractivity contribution is 7.89. The van der Waals surface area contributed by atoms with Crippen LogP contribution in [0.25, 0.3) is 0 Å². The lowest BCUT2D eigenvalue weighted by Gasteiger charge is -2.23. The number of nitrogen functional groups attached to an aromatic ring is 1. The van der Waals surface area contributed by atoms with Gasteiger partial charge in [0, 0.05) is 24.8 Å². The fourth-order valence-electron chi connectivity index (χ4n) is 1.70. The van der Waals surface area contributed by atoms with Crippen LogP contribution in [0.4, 0.5) is 10.1 Å². The standard InChI is InChI=1S/C13H22FN3O2S/c1-4-10(2)17(3)8-7-16-20(18,19)13-6-5-11(15)9-12(13)14/h5-6,9-10,16H,4,7-8,15H2,1-3H3. The Balaban J connectivity index is 2.67. The molecule has 0 amide bonds. The predicted octanol–water partition coefficient (Wildman–Crippen LogP) is 1.42. The first-order valence-corrected chi connectivity index (χ1v) is 8.01. The summed E-state index contributed by atoms with van der Waals surface area (Å²) in [6.07, 6.45) is 0.982. The second-order valence-electron chi connectivity index (χ2n) is 4.83. The van der Waals surface area contributed by atoms with E-state index in [1.807, 2.05) is 11.9 Å². The summed E-state index contributed by atoms with van der Waals surface area (Å²) in [5.41, 5.74) is 5.59. The molecule has 1 aromatic carbocycles. The van der Waals surface area contributed by atoms with Crippen molar-refractivity contribution in [2.75, 3.05) is 25.9 Å². The van der Waals surface area contributed by atoms with E-state index < -0.39 is 15.8 Å². The van der Waals surface area contributed by atoms with Gasteiger partial charge in [-0.3, -0.25) is 0 Å². The van der Waals surface area contributed by atoms with E-state index in [2.05, 4.69) is 18.6 Å². The number of nitrogens with zero attached hydrogens (tertiary/aromatic N) is 1. The van der Waals surface area contributed by atoms with Crippen LogP contribution in [-0.4, -0.2) is 39.5 Å². The van der Waals surface area contributed by atoms with E-state index in [0.29, 0.717) is 12.6 Å². The van der Waals surface area contributed by atoms with Crippen LogP contribution in [0.1, 0.15) is 20.3 Å². The Labute approximate surface area is 120 Å². The van der Waals surface area contributed by atoms with Gasteiger partial charge in [-0.25, -0.2) is 17.5 Å². The lowest BCUT2D eigenvalue weighted by molar-refractivity contribution is 0.256. The molecule has 114 valence electrons. The molecule has 0 aliphatic carbocycles. The van der Waals surface area contributed by atoms with Gasteiger partial charge >= 0.3 is 0 Å². The summed E-state index contributed by atoms with van der Waals surface area (Å²) in [6, 6.07) is 3.90. The average Bonchev–Trinajstić information content (AvgIpc) is 2.36. The number of nitrogens with two attached hydrogens (primary N) is 1. The van der Waals surface area contributed by atoms with Crippen molar-refractivity contribution in [1.82, 2.24) is 9.62 Å². The van der Waals surface area contributed by atoms with E-state index in [9.17, 15) is 12.8 Å². The molecule has 1 aromatic rings. The Bertz CT molecular complexity index is 549. The molecule has 20 heavy (non-hydrogen) atoms. The van der Waals surface area contributed by atoms with Crippen molar-refractivity contribution in [1.29, 1.82) is 0 Å². The second kappa shape index (κ2) is 7.01. The Morgan fingerprint density at radius 1 is 1.45 bits per heavy atom. The fraction of sp³-hybridized carbons (Fsp3) is 0.538. The van der Waals surface area contributed by atoms with Crippen LogP contribution in [0.15, 0.2) is 23.1 Å². The van der Waals surface area contributed by atoms with Crippen LogP contribution in [0.2, 0.25) is 0 Å². The van der Waals surface area contributed by atoms with Gasteiger partial charge in [-0.15, -0.1) is 0 Å². The zero-order valence-electron chi connectivity index (χ0n) is 12.1. The molecule has 0 heterocycles. The minimum atomic E-state index is -3.84. The molecule has 0 aliphatic heterocycles. The van der Waals surface area contributed by atoms with Crippen LogP contribution in [-0.2, 0) is 10.0 Å². The first-order chi connectivity index (χ1) is 9.27. The molecular weight excluding hydrogens is 281 g/mol. The number of likely N-dealkylation sites (N-methyl/N-ethyl adjacent to an activating group) is 1. The summed E-state index contributed by atoms with van der Waals surface area (Å²) in [6.45, 7) is 4.92. The number of nitrogens with one attached hydrogen (secondary N) is 1. The monoisotopic (exact) mass is 303 g/mol. The summed E-state index contributed by atoms with van der Waals surface area (Å²) >= 11 is 0. The molecule has 1 unspecified atom stereocenters. The smallest absolute Gasteiger partial charge is 0.243 e. The molecule has 1 atom stereocenters. The highest BCUT2D eigenvalue weighted by Gasteiger charge is 2.19. The summed E-state index contributed by atoms with van der Waals surface area (Å²) < 4.78 is 39.9. The summed E-state index contributed by atoms with van der Waals surface area (Å²) in [4.78, 5) is 1.67. The van der Waals surface area contributed by atoms with E-state index in [0.717, 1.165) is 12.5 Å². The van der Waals surface area contributed by atoms with Gasteiger partial charge in [0.15, 0.2) is 0 Å². The summed E-state index contributed by atoms with van der Waals surface area (Å²) in [5.74, 6) is -0.840. The molecule has 0 saturated carbocycles. The van der Waals surface area contributed by atoms with Gasteiger partial charge in [0.25, 0.3) is 0 Å². The van der Waals surface area contributed by atoms with Gasteiger partial charge in [0.05, 0.1) is 0 Å². The SMILES string of the molecule is CCC(C)N(C)CCNS(=O)(=O)c1ccc(N)cc1F. The minimum Gasteiger partial charge on any atom is -0.399 e. The Kier molecular flexibility index (Phi) is 5.91. The first-order valence-electron chi connectivity index (χ1n) is 6.53. The van der Waals surface area contributed by atoms with Gasteiger partial charge in [-0.2, -0.15) is 0 Å². The number of hydrogen-bond acceptors (Lipinski definition) is 4. The topological polar surface area (TPSA) is 75.4 Å². The molecule has 1 rings (SSSR count). The van der Waals surface area contributed by atoms with Gasteiger partial charge in [-0.05, 0) is 38.6 Å². The maximum atomic E-state index is 13.6. The van der Waals surface area contributed by atoms with Crippen molar-refractivity contribution in [3.05, 3.63) is 24.0 Å². The molecule has 0 aliphatic rings. The molecule has 0 bridgehead atoms. The second-order valence-corrected chi connectivity index (χ2v) is 6.56. The average molecular weight is 303 g/mol. The molecule has 0 saturated heterocycles. The van der Waals surface area contributed by atoms with Crippen molar-refractivity contribution in [3.63, 3.8) is 0 Å². The van der Waals surface area contributed by atoms with Crippen LogP contribution in [0.3, 0.4) is 0 Å². The number of hydrogen-bond donors (Lipinski definition) is 2. The van der Waals surface area contributed by atoms with E-state index in [1.165, 1.54) is 12.1 Å². The van der Waals surface area contributed by atoms with E-state index in [4.69, 9.17) is 5.73 Å². The zero-order chi connectivity index (χ0) is 15.3. The largest absolute Gasteiger partial charge is 0.399 e. The molecule has 3 N–H and O–H groups in total. The van der Waals surface area contributed by atoms with Crippen molar-refractivity contribution >= 4 is 15.7 Å². The minimum absolute atomic E-state index is 0.193. The third kappa shape index (κ3) is 4.43. The third-order valence-electron chi connectivity index (χ3n) is 3.35. The molecule has 7 heteroatoms. The van der Waals surface area contributed by atoms with Crippen LogP contribution < -0.4 is 10.5 Å². The highest BCUT2D eigenvalue weighted by Crippen LogP contribution is 2.16. The predicted molar refractivity (Wildman–Crippen MR) is 78.4 cm³/mol. The number of rotatable bonds is 7. The van der Waals surface area contributed by atoms with Gasteiger partial charge in [0.2, 0.25) is 10.0 Å². The number of sulfonamides is 1. The molecule has 0 aromatic heterocycles. The maximum Gasteiger partial charge on any atom is 0.243 e. The molecular formula is C13H22FN3O2S. The van der Waals surface area contributed by atoms with Gasteiger partial charge < -0.3 is 10.6 Å². The van der Waals surface area contributed by atoms with Crippen LogP contribution in [0.5, 0.6) is 0 Å².